The topological polar surface area (TPSA) is 133 Å². The molecule has 22 heavy (non-hydrogen) atoms. The first kappa shape index (κ1) is 15.4. The van der Waals surface area contributed by atoms with Gasteiger partial charge in [-0.2, -0.15) is 0 Å². The van der Waals surface area contributed by atoms with Crippen LogP contribution in [-0.4, -0.2) is 65.5 Å². The summed E-state index contributed by atoms with van der Waals surface area (Å²) in [4.78, 5) is 22.6. The molecular formula is C12H16N4O5S. The van der Waals surface area contributed by atoms with Crippen LogP contribution in [0.2, 0.25) is 0 Å². The second-order valence-electron chi connectivity index (χ2n) is 4.83. The summed E-state index contributed by atoms with van der Waals surface area (Å²) in [7, 11) is 0. The maximum absolute atomic E-state index is 11.9. The first-order valence-corrected chi connectivity index (χ1v) is 7.78. The van der Waals surface area contributed by atoms with Crippen LogP contribution in [0, 0.1) is 0 Å². The van der Waals surface area contributed by atoms with E-state index in [0.717, 1.165) is 0 Å². The van der Waals surface area contributed by atoms with Crippen molar-refractivity contribution in [2.24, 2.45) is 0 Å². The molecule has 4 N–H and O–H groups in total. The maximum Gasteiger partial charge on any atom is 0.278 e. The molecule has 0 aromatic carbocycles. The minimum absolute atomic E-state index is 0.135. The van der Waals surface area contributed by atoms with Gasteiger partial charge in [-0.1, -0.05) is 18.7 Å². The van der Waals surface area contributed by atoms with Gasteiger partial charge in [0.1, 0.15) is 18.3 Å². The van der Waals surface area contributed by atoms with E-state index in [0.29, 0.717) is 10.9 Å². The van der Waals surface area contributed by atoms with E-state index >= 15 is 0 Å². The number of thioether (sulfide) groups is 1. The third-order valence-electron chi connectivity index (χ3n) is 3.50. The predicted molar refractivity (Wildman–Crippen MR) is 77.6 cm³/mol. The number of aromatic nitrogens is 4. The van der Waals surface area contributed by atoms with Crippen molar-refractivity contribution in [3.8, 4) is 0 Å². The zero-order valence-electron chi connectivity index (χ0n) is 11.7. The average molecular weight is 328 g/mol. The molecule has 0 amide bonds. The molecule has 2 aromatic rings. The van der Waals surface area contributed by atoms with Crippen molar-refractivity contribution in [2.75, 3.05) is 12.4 Å². The van der Waals surface area contributed by atoms with Crippen LogP contribution in [0.1, 0.15) is 13.2 Å². The molecule has 120 valence electrons. The Morgan fingerprint density at radius 3 is 2.86 bits per heavy atom. The van der Waals surface area contributed by atoms with Gasteiger partial charge in [0.25, 0.3) is 5.56 Å². The van der Waals surface area contributed by atoms with Gasteiger partial charge < -0.3 is 25.0 Å². The Bertz CT molecular complexity index is 732. The number of hydrogen-bond acceptors (Lipinski definition) is 8. The number of H-pyrrole nitrogens is 1. The fourth-order valence-electron chi connectivity index (χ4n) is 2.45. The van der Waals surface area contributed by atoms with Crippen LogP contribution in [0.5, 0.6) is 0 Å². The Morgan fingerprint density at radius 2 is 2.23 bits per heavy atom. The molecule has 4 atom stereocenters. The number of nitrogens with zero attached hydrogens (tertiary/aromatic N) is 3. The zero-order valence-corrected chi connectivity index (χ0v) is 12.5. The van der Waals surface area contributed by atoms with E-state index in [9.17, 15) is 20.1 Å². The SMILES string of the molecule is CCSc1nc2c(=O)[nH]cnc2n1C1OC(CO)C(O)C1O. The monoisotopic (exact) mass is 328 g/mol. The van der Waals surface area contributed by atoms with E-state index < -0.39 is 36.7 Å². The number of aliphatic hydroxyl groups excluding tert-OH is 3. The van der Waals surface area contributed by atoms with Crippen LogP contribution >= 0.6 is 11.8 Å². The number of imidazole rings is 1. The highest BCUT2D eigenvalue weighted by Gasteiger charge is 2.45. The number of aromatic amines is 1. The molecule has 1 aliphatic rings. The molecule has 1 fully saturated rings. The molecule has 0 saturated carbocycles. The van der Waals surface area contributed by atoms with E-state index in [-0.39, 0.29) is 11.2 Å². The second-order valence-corrected chi connectivity index (χ2v) is 6.06. The molecule has 3 rings (SSSR count). The van der Waals surface area contributed by atoms with Crippen molar-refractivity contribution in [1.82, 2.24) is 19.5 Å². The number of aliphatic hydroxyl groups is 3. The van der Waals surface area contributed by atoms with Gasteiger partial charge in [0, 0.05) is 0 Å². The average Bonchev–Trinajstić information content (AvgIpc) is 3.00. The maximum atomic E-state index is 11.9. The molecule has 1 aliphatic heterocycles. The van der Waals surface area contributed by atoms with E-state index in [1.807, 2.05) is 6.92 Å². The summed E-state index contributed by atoms with van der Waals surface area (Å²) in [6.07, 6.45) is -3.12. The van der Waals surface area contributed by atoms with Crippen LogP contribution in [0.25, 0.3) is 11.2 Å². The number of rotatable bonds is 4. The predicted octanol–water partition coefficient (Wildman–Crippen LogP) is -1.16. The molecular weight excluding hydrogens is 312 g/mol. The summed E-state index contributed by atoms with van der Waals surface area (Å²) in [5, 5.41) is 29.8. The summed E-state index contributed by atoms with van der Waals surface area (Å²) >= 11 is 1.36. The molecule has 4 unspecified atom stereocenters. The van der Waals surface area contributed by atoms with Crippen LogP contribution in [0.3, 0.4) is 0 Å². The van der Waals surface area contributed by atoms with Crippen molar-refractivity contribution in [3.05, 3.63) is 16.7 Å². The number of ether oxygens (including phenoxy) is 1. The van der Waals surface area contributed by atoms with Crippen LogP contribution in [-0.2, 0) is 4.74 Å². The van der Waals surface area contributed by atoms with Gasteiger partial charge in [-0.25, -0.2) is 9.97 Å². The van der Waals surface area contributed by atoms with Crippen LogP contribution in [0.15, 0.2) is 16.3 Å². The normalized spacial score (nSPS) is 28.5. The molecule has 2 aromatic heterocycles. The quantitative estimate of drug-likeness (QED) is 0.517. The lowest BCUT2D eigenvalue weighted by Crippen LogP contribution is -2.33. The molecule has 9 nitrogen and oxygen atoms in total. The lowest BCUT2D eigenvalue weighted by Gasteiger charge is -2.18. The molecule has 3 heterocycles. The summed E-state index contributed by atoms with van der Waals surface area (Å²) in [5.74, 6) is 0.691. The molecule has 10 heteroatoms. The van der Waals surface area contributed by atoms with Gasteiger partial charge in [-0.05, 0) is 5.75 Å². The van der Waals surface area contributed by atoms with Crippen molar-refractivity contribution in [3.63, 3.8) is 0 Å². The summed E-state index contributed by atoms with van der Waals surface area (Å²) in [6.45, 7) is 1.49. The highest BCUT2D eigenvalue weighted by atomic mass is 32.2. The Hall–Kier alpha value is -1.46. The van der Waals surface area contributed by atoms with E-state index in [1.54, 1.807) is 0 Å². The van der Waals surface area contributed by atoms with Gasteiger partial charge in [0.15, 0.2) is 22.5 Å². The third kappa shape index (κ3) is 2.32. The minimum atomic E-state index is -1.26. The van der Waals surface area contributed by atoms with Gasteiger partial charge in [0.05, 0.1) is 12.9 Å². The Labute approximate surface area is 129 Å². The van der Waals surface area contributed by atoms with Crippen LogP contribution < -0.4 is 5.56 Å². The number of hydrogen-bond donors (Lipinski definition) is 4. The minimum Gasteiger partial charge on any atom is -0.394 e. The first-order valence-electron chi connectivity index (χ1n) is 6.79. The fraction of sp³-hybridized carbons (Fsp3) is 0.583. The molecule has 1 saturated heterocycles. The van der Waals surface area contributed by atoms with Gasteiger partial charge in [-0.3, -0.25) is 9.36 Å². The van der Waals surface area contributed by atoms with Gasteiger partial charge >= 0.3 is 0 Å². The third-order valence-corrected chi connectivity index (χ3v) is 4.33. The molecule has 0 spiro atoms. The van der Waals surface area contributed by atoms with E-state index in [2.05, 4.69) is 15.0 Å². The standard InChI is InChI=1S/C12H16N4O5S/c1-2-22-12-15-6-9(13-4-14-10(6)20)16(12)11-8(19)7(18)5(3-17)21-11/h4-5,7-8,11,17-19H,2-3H2,1H3,(H,13,14,20). The lowest BCUT2D eigenvalue weighted by atomic mass is 10.1. The van der Waals surface area contributed by atoms with Crippen molar-refractivity contribution >= 4 is 22.9 Å². The van der Waals surface area contributed by atoms with Crippen molar-refractivity contribution in [2.45, 2.75) is 36.6 Å². The van der Waals surface area contributed by atoms with E-state index in [4.69, 9.17) is 4.74 Å². The van der Waals surface area contributed by atoms with Gasteiger partial charge in [0.2, 0.25) is 0 Å². The lowest BCUT2D eigenvalue weighted by molar-refractivity contribution is -0.0548. The van der Waals surface area contributed by atoms with Crippen LogP contribution in [0.4, 0.5) is 0 Å². The Morgan fingerprint density at radius 1 is 1.45 bits per heavy atom. The van der Waals surface area contributed by atoms with Gasteiger partial charge in [-0.15, -0.1) is 0 Å². The second kappa shape index (κ2) is 5.97. The van der Waals surface area contributed by atoms with Crippen molar-refractivity contribution < 1.29 is 20.1 Å². The fourth-order valence-corrected chi connectivity index (χ4v) is 3.20. The largest absolute Gasteiger partial charge is 0.394 e. The summed E-state index contributed by atoms with van der Waals surface area (Å²) < 4.78 is 7.01. The van der Waals surface area contributed by atoms with Crippen molar-refractivity contribution in [1.29, 1.82) is 0 Å². The highest BCUT2D eigenvalue weighted by Crippen LogP contribution is 2.34. The smallest absolute Gasteiger partial charge is 0.278 e. The zero-order chi connectivity index (χ0) is 15.9. The Kier molecular flexibility index (Phi) is 4.19. The molecule has 0 radical (unpaired) electrons. The molecule has 0 aliphatic carbocycles. The number of nitrogens with one attached hydrogen (secondary N) is 1. The first-order chi connectivity index (χ1) is 10.6. The number of fused-ring (bicyclic) bond motifs is 1. The van der Waals surface area contributed by atoms with E-state index in [1.165, 1.54) is 22.7 Å². The summed E-state index contributed by atoms with van der Waals surface area (Å²) in [6, 6.07) is 0. The summed E-state index contributed by atoms with van der Waals surface area (Å²) in [5.41, 5.74) is -0.000764. The Balaban J connectivity index is 2.15. The highest BCUT2D eigenvalue weighted by molar-refractivity contribution is 7.99. The molecule has 0 bridgehead atoms.